The van der Waals surface area contributed by atoms with Gasteiger partial charge < -0.3 is 14.2 Å². The third kappa shape index (κ3) is 3.84. The zero-order valence-electron chi connectivity index (χ0n) is 10.8. The third-order valence-corrected chi connectivity index (χ3v) is 3.05. The monoisotopic (exact) mass is 270 g/mol. The lowest BCUT2D eigenvalue weighted by molar-refractivity contribution is 0.0595. The lowest BCUT2D eigenvalue weighted by Gasteiger charge is -2.14. The largest absolute Gasteiger partial charge is 0.497 e. The molecule has 0 saturated heterocycles. The number of benzene rings is 1. The van der Waals surface area contributed by atoms with Gasteiger partial charge >= 0.3 is 5.97 Å². The van der Waals surface area contributed by atoms with E-state index in [9.17, 15) is 4.79 Å². The number of esters is 1. The van der Waals surface area contributed by atoms with Gasteiger partial charge in [-0.05, 0) is 23.8 Å². The molecule has 18 heavy (non-hydrogen) atoms. The number of thiol groups is 1. The van der Waals surface area contributed by atoms with Crippen LogP contribution in [0.5, 0.6) is 11.5 Å². The van der Waals surface area contributed by atoms with Crippen molar-refractivity contribution in [1.29, 1.82) is 0 Å². The Labute approximate surface area is 113 Å². The van der Waals surface area contributed by atoms with E-state index < -0.39 is 5.97 Å². The van der Waals surface area contributed by atoms with Crippen LogP contribution in [0.15, 0.2) is 18.2 Å². The van der Waals surface area contributed by atoms with E-state index in [-0.39, 0.29) is 0 Å². The Morgan fingerprint density at radius 1 is 1.39 bits per heavy atom. The van der Waals surface area contributed by atoms with Crippen molar-refractivity contribution in [3.05, 3.63) is 23.8 Å². The molecule has 1 atom stereocenters. The molecule has 0 saturated carbocycles. The molecule has 0 aromatic heterocycles. The molecule has 0 spiro atoms. The first-order valence-electron chi connectivity index (χ1n) is 5.62. The molecule has 4 nitrogen and oxygen atoms in total. The Bertz CT molecular complexity index is 406. The molecule has 0 aliphatic heterocycles. The normalized spacial score (nSPS) is 11.8. The number of rotatable bonds is 6. The summed E-state index contributed by atoms with van der Waals surface area (Å²) >= 11 is 4.19. The number of methoxy groups -OCH3 is 2. The molecule has 0 fully saturated rings. The summed E-state index contributed by atoms with van der Waals surface area (Å²) in [5.74, 6) is 1.69. The molecule has 0 aliphatic carbocycles. The van der Waals surface area contributed by atoms with Crippen LogP contribution in [0.2, 0.25) is 0 Å². The molecule has 0 radical (unpaired) electrons. The average molecular weight is 270 g/mol. The molecule has 0 aliphatic rings. The average Bonchev–Trinajstić information content (AvgIpc) is 2.43. The molecule has 1 aromatic rings. The zero-order valence-corrected chi connectivity index (χ0v) is 11.7. The van der Waals surface area contributed by atoms with E-state index in [4.69, 9.17) is 14.2 Å². The quantitative estimate of drug-likeness (QED) is 0.637. The molecule has 1 aromatic carbocycles. The molecule has 100 valence electrons. The summed E-state index contributed by atoms with van der Waals surface area (Å²) in [5.41, 5.74) is 0.393. The topological polar surface area (TPSA) is 44.8 Å². The number of carbonyl (C=O) groups is 1. The summed E-state index contributed by atoms with van der Waals surface area (Å²) < 4.78 is 15.4. The second kappa shape index (κ2) is 7.16. The summed E-state index contributed by atoms with van der Waals surface area (Å²) in [6.07, 6.45) is 0. The smallest absolute Gasteiger partial charge is 0.341 e. The molecule has 5 heteroatoms. The highest BCUT2D eigenvalue weighted by atomic mass is 32.1. The first kappa shape index (κ1) is 14.7. The van der Waals surface area contributed by atoms with E-state index in [1.54, 1.807) is 25.3 Å². The molecule has 0 heterocycles. The van der Waals surface area contributed by atoms with Gasteiger partial charge in [-0.1, -0.05) is 6.92 Å². The first-order chi connectivity index (χ1) is 8.62. The summed E-state index contributed by atoms with van der Waals surface area (Å²) in [6.45, 7) is 2.51. The van der Waals surface area contributed by atoms with Gasteiger partial charge in [0.05, 0.1) is 20.8 Å². The maximum Gasteiger partial charge on any atom is 0.341 e. The molecular weight excluding hydrogens is 252 g/mol. The van der Waals surface area contributed by atoms with Gasteiger partial charge in [-0.2, -0.15) is 12.6 Å². The van der Waals surface area contributed by atoms with E-state index >= 15 is 0 Å². The number of carbonyl (C=O) groups excluding carboxylic acids is 1. The summed E-state index contributed by atoms with van der Waals surface area (Å²) in [5, 5.41) is 0. The van der Waals surface area contributed by atoms with Crippen LogP contribution in [-0.4, -0.2) is 32.5 Å². The van der Waals surface area contributed by atoms with E-state index in [1.807, 2.05) is 6.92 Å². The second-order valence-electron chi connectivity index (χ2n) is 3.95. The lowest BCUT2D eigenvalue weighted by Crippen LogP contribution is -2.12. The van der Waals surface area contributed by atoms with Gasteiger partial charge in [0.25, 0.3) is 0 Å². The van der Waals surface area contributed by atoms with E-state index in [1.165, 1.54) is 7.11 Å². The minimum absolute atomic E-state index is 0.296. The lowest BCUT2D eigenvalue weighted by atomic mass is 10.2. The van der Waals surface area contributed by atoms with Gasteiger partial charge in [0.2, 0.25) is 0 Å². The number of hydrogen-bond acceptors (Lipinski definition) is 5. The van der Waals surface area contributed by atoms with Crippen molar-refractivity contribution in [2.45, 2.75) is 6.92 Å². The highest BCUT2D eigenvalue weighted by molar-refractivity contribution is 7.80. The van der Waals surface area contributed by atoms with Crippen molar-refractivity contribution in [3.8, 4) is 11.5 Å². The molecule has 0 bridgehead atoms. The Morgan fingerprint density at radius 2 is 2.11 bits per heavy atom. The predicted molar refractivity (Wildman–Crippen MR) is 72.8 cm³/mol. The van der Waals surface area contributed by atoms with E-state index in [0.29, 0.717) is 29.6 Å². The maximum absolute atomic E-state index is 11.6. The maximum atomic E-state index is 11.6. The summed E-state index contributed by atoms with van der Waals surface area (Å²) in [7, 11) is 2.90. The summed E-state index contributed by atoms with van der Waals surface area (Å²) in [6, 6.07) is 5.00. The van der Waals surface area contributed by atoms with Crippen molar-refractivity contribution >= 4 is 18.6 Å². The van der Waals surface area contributed by atoms with Crippen molar-refractivity contribution in [2.75, 3.05) is 26.6 Å². The van der Waals surface area contributed by atoms with Gasteiger partial charge in [0, 0.05) is 6.07 Å². The fourth-order valence-electron chi connectivity index (χ4n) is 1.31. The van der Waals surface area contributed by atoms with Crippen molar-refractivity contribution in [3.63, 3.8) is 0 Å². The second-order valence-corrected chi connectivity index (χ2v) is 4.32. The third-order valence-electron chi connectivity index (χ3n) is 2.43. The van der Waals surface area contributed by atoms with Gasteiger partial charge in [-0.3, -0.25) is 0 Å². The van der Waals surface area contributed by atoms with Gasteiger partial charge in [0.15, 0.2) is 0 Å². The molecule has 1 unspecified atom stereocenters. The zero-order chi connectivity index (χ0) is 13.5. The van der Waals surface area contributed by atoms with Crippen molar-refractivity contribution in [1.82, 2.24) is 0 Å². The molecular formula is C13H18O4S. The van der Waals surface area contributed by atoms with Crippen LogP contribution in [0.4, 0.5) is 0 Å². The predicted octanol–water partition coefficient (Wildman–Crippen LogP) is 2.43. The van der Waals surface area contributed by atoms with Crippen molar-refractivity contribution < 1.29 is 19.0 Å². The highest BCUT2D eigenvalue weighted by Gasteiger charge is 2.14. The van der Waals surface area contributed by atoms with Gasteiger partial charge in [-0.25, -0.2) is 4.79 Å². The highest BCUT2D eigenvalue weighted by Crippen LogP contribution is 2.26. The van der Waals surface area contributed by atoms with Gasteiger partial charge in [0.1, 0.15) is 17.1 Å². The van der Waals surface area contributed by atoms with Crippen LogP contribution in [-0.2, 0) is 4.74 Å². The summed E-state index contributed by atoms with van der Waals surface area (Å²) in [4.78, 5) is 11.6. The van der Waals surface area contributed by atoms with Crippen LogP contribution in [0, 0.1) is 5.92 Å². The van der Waals surface area contributed by atoms with Crippen LogP contribution in [0.3, 0.4) is 0 Å². The van der Waals surface area contributed by atoms with Crippen LogP contribution < -0.4 is 9.47 Å². The molecule has 1 rings (SSSR count). The fraction of sp³-hybridized carbons (Fsp3) is 0.462. The number of ether oxygens (including phenoxy) is 3. The minimum Gasteiger partial charge on any atom is -0.497 e. The Hall–Kier alpha value is -1.36. The fourth-order valence-corrected chi connectivity index (χ4v) is 1.42. The number of hydrogen-bond donors (Lipinski definition) is 1. The molecule has 0 N–H and O–H groups in total. The Balaban J connectivity index is 2.93. The van der Waals surface area contributed by atoms with Gasteiger partial charge in [-0.15, -0.1) is 0 Å². The van der Waals surface area contributed by atoms with Crippen LogP contribution in [0.1, 0.15) is 17.3 Å². The van der Waals surface area contributed by atoms with Crippen LogP contribution in [0.25, 0.3) is 0 Å². The van der Waals surface area contributed by atoms with Crippen molar-refractivity contribution in [2.24, 2.45) is 5.92 Å². The van der Waals surface area contributed by atoms with E-state index in [2.05, 4.69) is 12.6 Å². The SMILES string of the molecule is COC(=O)c1ccc(OC)cc1OCC(C)CS. The standard InChI is InChI=1S/C13H18O4S/c1-9(8-18)7-17-12-6-10(15-2)4-5-11(12)13(14)16-3/h4-6,9,18H,7-8H2,1-3H3. The minimum atomic E-state index is -0.425. The van der Waals surface area contributed by atoms with E-state index in [0.717, 1.165) is 5.75 Å². The Kier molecular flexibility index (Phi) is 5.85. The first-order valence-corrected chi connectivity index (χ1v) is 6.25. The molecule has 0 amide bonds. The Morgan fingerprint density at radius 3 is 2.67 bits per heavy atom. The van der Waals surface area contributed by atoms with Crippen LogP contribution >= 0.6 is 12.6 Å².